The van der Waals surface area contributed by atoms with Crippen LogP contribution in [0.25, 0.3) is 0 Å². The molecule has 0 aromatic rings. The first-order chi connectivity index (χ1) is 5.06. The Morgan fingerprint density at radius 1 is 1.45 bits per heavy atom. The van der Waals surface area contributed by atoms with Gasteiger partial charge in [-0.15, -0.1) is 0 Å². The Morgan fingerprint density at radius 2 is 2.00 bits per heavy atom. The molecule has 1 aliphatic rings. The van der Waals surface area contributed by atoms with Gasteiger partial charge in [0.25, 0.3) is 0 Å². The quantitative estimate of drug-likeness (QED) is 0.568. The van der Waals surface area contributed by atoms with Gasteiger partial charge in [0.15, 0.2) is 0 Å². The van der Waals surface area contributed by atoms with Gasteiger partial charge in [-0.25, -0.2) is 0 Å². The van der Waals surface area contributed by atoms with Crippen molar-refractivity contribution in [3.8, 4) is 0 Å². The van der Waals surface area contributed by atoms with Crippen LogP contribution in [0.3, 0.4) is 0 Å². The van der Waals surface area contributed by atoms with Crippen LogP contribution in [-0.4, -0.2) is 11.7 Å². The maximum atomic E-state index is 5.83. The Balaban J connectivity index is 2.49. The van der Waals surface area contributed by atoms with Gasteiger partial charge in [0, 0.05) is 0 Å². The third-order valence-corrected chi connectivity index (χ3v) is 2.37. The molecule has 1 aliphatic carbocycles. The van der Waals surface area contributed by atoms with E-state index in [2.05, 4.69) is 33.8 Å². The van der Waals surface area contributed by atoms with Gasteiger partial charge < -0.3 is 4.74 Å². The van der Waals surface area contributed by atoms with E-state index in [1.807, 2.05) is 0 Å². The molecule has 0 amide bonds. The number of hydrogen-bond donors (Lipinski definition) is 0. The Morgan fingerprint density at radius 3 is 2.36 bits per heavy atom. The molecule has 0 unspecified atom stereocenters. The Labute approximate surface area is 69.4 Å². The molecule has 0 saturated heterocycles. The van der Waals surface area contributed by atoms with Crippen LogP contribution in [0, 0.1) is 0 Å². The maximum Gasteiger partial charge on any atom is 0.0836 e. The molecule has 0 N–H and O–H groups in total. The summed E-state index contributed by atoms with van der Waals surface area (Å²) in [6.07, 6.45) is 5.17. The summed E-state index contributed by atoms with van der Waals surface area (Å²) in [5.74, 6) is 0. The van der Waals surface area contributed by atoms with Gasteiger partial charge in [-0.2, -0.15) is 0 Å². The Bertz CT molecular complexity index is 164. The molecule has 0 atom stereocenters. The van der Waals surface area contributed by atoms with E-state index >= 15 is 0 Å². The maximum absolute atomic E-state index is 5.83. The summed E-state index contributed by atoms with van der Waals surface area (Å²) in [6, 6.07) is 0. The van der Waals surface area contributed by atoms with Crippen LogP contribution in [0.4, 0.5) is 0 Å². The van der Waals surface area contributed by atoms with E-state index < -0.39 is 0 Å². The first-order valence-corrected chi connectivity index (χ1v) is 4.37. The largest absolute Gasteiger partial charge is 0.368 e. The minimum atomic E-state index is -0.0457. The molecule has 64 valence electrons. The smallest absolute Gasteiger partial charge is 0.0836 e. The zero-order valence-electron chi connectivity index (χ0n) is 7.98. The highest BCUT2D eigenvalue weighted by Crippen LogP contribution is 2.32. The summed E-state index contributed by atoms with van der Waals surface area (Å²) in [6.45, 7) is 8.47. The molecule has 1 nitrogen and oxygen atoms in total. The third-order valence-electron chi connectivity index (χ3n) is 2.37. The van der Waals surface area contributed by atoms with Crippen molar-refractivity contribution in [3.05, 3.63) is 11.6 Å². The van der Waals surface area contributed by atoms with Gasteiger partial charge in [0.05, 0.1) is 11.7 Å². The Hall–Kier alpha value is -0.300. The molecular formula is C10H18O. The lowest BCUT2D eigenvalue weighted by Crippen LogP contribution is -2.26. The van der Waals surface area contributed by atoms with Crippen LogP contribution in [0.2, 0.25) is 0 Å². The van der Waals surface area contributed by atoms with Gasteiger partial charge in [-0.1, -0.05) is 6.08 Å². The fraction of sp³-hybridized carbons (Fsp3) is 0.800. The predicted octanol–water partition coefficient (Wildman–Crippen LogP) is 2.91. The van der Waals surface area contributed by atoms with Crippen molar-refractivity contribution in [2.24, 2.45) is 0 Å². The van der Waals surface area contributed by atoms with Gasteiger partial charge in [-0.05, 0) is 46.1 Å². The lowest BCUT2D eigenvalue weighted by molar-refractivity contribution is -0.00190. The monoisotopic (exact) mass is 154 g/mol. The highest BCUT2D eigenvalue weighted by Gasteiger charge is 2.31. The van der Waals surface area contributed by atoms with E-state index in [1.165, 1.54) is 18.4 Å². The molecule has 0 spiro atoms. The normalized spacial score (nSPS) is 20.5. The lowest BCUT2D eigenvalue weighted by atomic mass is 9.99. The second-order valence-corrected chi connectivity index (χ2v) is 3.80. The molecule has 11 heavy (non-hydrogen) atoms. The number of allylic oxidation sites excluding steroid dienone is 1. The van der Waals surface area contributed by atoms with E-state index in [-0.39, 0.29) is 5.60 Å². The third kappa shape index (κ3) is 2.33. The molecule has 1 saturated carbocycles. The van der Waals surface area contributed by atoms with Crippen molar-refractivity contribution < 1.29 is 4.74 Å². The summed E-state index contributed by atoms with van der Waals surface area (Å²) in [7, 11) is 0. The van der Waals surface area contributed by atoms with Crippen LogP contribution in [0.1, 0.15) is 40.5 Å². The SMILES string of the molecule is CC=C(C)C(C)(C)OC1CC1. The van der Waals surface area contributed by atoms with Gasteiger partial charge in [0.1, 0.15) is 0 Å². The van der Waals surface area contributed by atoms with Crippen molar-refractivity contribution in [1.29, 1.82) is 0 Å². The van der Waals surface area contributed by atoms with Crippen molar-refractivity contribution in [2.75, 3.05) is 0 Å². The molecule has 1 rings (SSSR count). The summed E-state index contributed by atoms with van der Waals surface area (Å²) in [5.41, 5.74) is 1.28. The first-order valence-electron chi connectivity index (χ1n) is 4.37. The van der Waals surface area contributed by atoms with Crippen molar-refractivity contribution in [1.82, 2.24) is 0 Å². The number of ether oxygens (including phenoxy) is 1. The summed E-state index contributed by atoms with van der Waals surface area (Å²) >= 11 is 0. The van der Waals surface area contributed by atoms with Crippen LogP contribution >= 0.6 is 0 Å². The topological polar surface area (TPSA) is 9.23 Å². The molecule has 0 aliphatic heterocycles. The fourth-order valence-corrected chi connectivity index (χ4v) is 1.04. The van der Waals surface area contributed by atoms with E-state index in [1.54, 1.807) is 0 Å². The second-order valence-electron chi connectivity index (χ2n) is 3.80. The zero-order chi connectivity index (χ0) is 8.48. The Kier molecular flexibility index (Phi) is 2.38. The van der Waals surface area contributed by atoms with Crippen molar-refractivity contribution in [3.63, 3.8) is 0 Å². The van der Waals surface area contributed by atoms with Crippen LogP contribution in [0.15, 0.2) is 11.6 Å². The van der Waals surface area contributed by atoms with E-state index in [0.29, 0.717) is 6.10 Å². The van der Waals surface area contributed by atoms with Crippen LogP contribution in [-0.2, 0) is 4.74 Å². The van der Waals surface area contributed by atoms with Crippen LogP contribution in [0.5, 0.6) is 0 Å². The minimum Gasteiger partial charge on any atom is -0.368 e. The van der Waals surface area contributed by atoms with Crippen molar-refractivity contribution in [2.45, 2.75) is 52.2 Å². The molecule has 0 radical (unpaired) electrons. The van der Waals surface area contributed by atoms with Crippen LogP contribution < -0.4 is 0 Å². The summed E-state index contributed by atoms with van der Waals surface area (Å²) < 4.78 is 5.83. The fourth-order valence-electron chi connectivity index (χ4n) is 1.04. The molecule has 0 bridgehead atoms. The number of rotatable bonds is 3. The van der Waals surface area contributed by atoms with Gasteiger partial charge >= 0.3 is 0 Å². The average molecular weight is 154 g/mol. The van der Waals surface area contributed by atoms with Crippen molar-refractivity contribution >= 4 is 0 Å². The molecule has 0 aromatic carbocycles. The second kappa shape index (κ2) is 2.98. The predicted molar refractivity (Wildman–Crippen MR) is 47.6 cm³/mol. The highest BCUT2D eigenvalue weighted by atomic mass is 16.5. The summed E-state index contributed by atoms with van der Waals surface area (Å²) in [4.78, 5) is 0. The van der Waals surface area contributed by atoms with E-state index in [9.17, 15) is 0 Å². The highest BCUT2D eigenvalue weighted by molar-refractivity contribution is 5.10. The van der Waals surface area contributed by atoms with Gasteiger partial charge in [0.2, 0.25) is 0 Å². The van der Waals surface area contributed by atoms with Gasteiger partial charge in [-0.3, -0.25) is 0 Å². The first kappa shape index (κ1) is 8.79. The molecular weight excluding hydrogens is 136 g/mol. The standard InChI is InChI=1S/C10H18O/c1-5-8(2)10(3,4)11-9-6-7-9/h5,9H,6-7H2,1-4H3. The molecule has 1 heteroatoms. The molecule has 1 fully saturated rings. The minimum absolute atomic E-state index is 0.0457. The summed E-state index contributed by atoms with van der Waals surface area (Å²) in [5, 5.41) is 0. The zero-order valence-corrected chi connectivity index (χ0v) is 7.98. The molecule has 0 aromatic heterocycles. The average Bonchev–Trinajstić information content (AvgIpc) is 2.69. The van der Waals surface area contributed by atoms with E-state index in [4.69, 9.17) is 4.74 Å². The molecule has 0 heterocycles. The lowest BCUT2D eigenvalue weighted by Gasteiger charge is -2.26. The number of hydrogen-bond acceptors (Lipinski definition) is 1. The van der Waals surface area contributed by atoms with E-state index in [0.717, 1.165) is 0 Å².